The van der Waals surface area contributed by atoms with E-state index in [1.54, 1.807) is 39.5 Å². The van der Waals surface area contributed by atoms with E-state index in [2.05, 4.69) is 120 Å². The molecule has 0 radical (unpaired) electrons. The largest absolute Gasteiger partial charge is 0.497 e. The highest BCUT2D eigenvalue weighted by molar-refractivity contribution is 6.77. The van der Waals surface area contributed by atoms with Crippen LogP contribution in [0, 0.1) is 5.92 Å². The number of hydrogen-bond donors (Lipinski definition) is 1. The van der Waals surface area contributed by atoms with Gasteiger partial charge in [0.2, 0.25) is 14.2 Å². The number of carbonyl (C=O) groups is 1. The Hall–Kier alpha value is -2.70. The van der Waals surface area contributed by atoms with Crippen molar-refractivity contribution in [1.82, 2.24) is 0 Å². The molecule has 0 aliphatic carbocycles. The predicted octanol–water partition coefficient (Wildman–Crippen LogP) is 12.4. The summed E-state index contributed by atoms with van der Waals surface area (Å²) in [5.74, 6) is 1.17. The van der Waals surface area contributed by atoms with Gasteiger partial charge in [-0.1, -0.05) is 125 Å². The summed E-state index contributed by atoms with van der Waals surface area (Å²) in [7, 11) is 0.451. The van der Waals surface area contributed by atoms with E-state index in [0.717, 1.165) is 18.4 Å². The van der Waals surface area contributed by atoms with Crippen molar-refractivity contribution in [1.29, 1.82) is 0 Å². The van der Waals surface area contributed by atoms with Crippen molar-refractivity contribution in [2.45, 2.75) is 155 Å². The second-order valence-corrected chi connectivity index (χ2v) is 27.2. The quantitative estimate of drug-likeness (QED) is 0.0639. The monoisotopic (exact) mass is 784 g/mol. The molecule has 0 aromatic heterocycles. The lowest BCUT2D eigenvalue weighted by Crippen LogP contribution is -2.54. The van der Waals surface area contributed by atoms with Crippen molar-refractivity contribution >= 4 is 28.2 Å². The SMILES string of the molecule is C=C/C=C/C[C@H](O[Si](C)(C)C(C)(C)C)[C@H](C)[C@@H](O[Si](C(C)C)(C(C)C)C(C)C)/C(C)=C\CCc1cc(OC)cc(NC(=O)C[C@H](/C=C/C=C)OC)c1OC. The smallest absolute Gasteiger partial charge is 0.227 e. The molecule has 1 amide bonds. The molecule has 0 saturated carbocycles. The fourth-order valence-electron chi connectivity index (χ4n) is 7.36. The number of aryl methyl sites for hydroxylation is 1. The van der Waals surface area contributed by atoms with Crippen LogP contribution in [0.5, 0.6) is 11.5 Å². The summed E-state index contributed by atoms with van der Waals surface area (Å²) < 4.78 is 32.0. The molecule has 0 unspecified atom stereocenters. The van der Waals surface area contributed by atoms with Gasteiger partial charge in [0.25, 0.3) is 0 Å². The molecule has 54 heavy (non-hydrogen) atoms. The number of methoxy groups -OCH3 is 3. The maximum absolute atomic E-state index is 13.1. The molecule has 306 valence electrons. The predicted molar refractivity (Wildman–Crippen MR) is 236 cm³/mol. The number of benzene rings is 1. The third-order valence-electron chi connectivity index (χ3n) is 11.3. The highest BCUT2D eigenvalue weighted by Crippen LogP contribution is 2.46. The van der Waals surface area contributed by atoms with E-state index in [4.69, 9.17) is 23.1 Å². The molecular weight excluding hydrogens is 707 g/mol. The van der Waals surface area contributed by atoms with Crippen molar-refractivity contribution in [2.75, 3.05) is 26.6 Å². The van der Waals surface area contributed by atoms with E-state index < -0.39 is 16.6 Å². The van der Waals surface area contributed by atoms with Crippen molar-refractivity contribution in [3.8, 4) is 11.5 Å². The van der Waals surface area contributed by atoms with Crippen LogP contribution in [0.2, 0.25) is 34.8 Å². The fourth-order valence-corrected chi connectivity index (χ4v) is 14.4. The van der Waals surface area contributed by atoms with E-state index in [1.807, 2.05) is 24.3 Å². The fraction of sp³-hybridized carbons (Fsp3) is 0.622. The standard InChI is InChI=1S/C45H77NO6Si2/c1-19-21-23-28-41(51-53(17,18)45(11,12)13)36(10)43(52-54(32(3)4,33(5)6)34(7)8)35(9)25-24-26-37-29-39(49-15)30-40(44(37)50-16)46-42(47)31-38(48-14)27-22-20-2/h19-23,25,27,29-30,32-34,36,38,41,43H,1-2,24,26,28,31H2,3-18H3,(H,46,47)/b23-21+,27-22+,35-25-/t36-,38-,41-,43-/m0/s1. The molecule has 0 heterocycles. The highest BCUT2D eigenvalue weighted by Gasteiger charge is 2.49. The molecule has 0 aliphatic heterocycles. The second kappa shape index (κ2) is 22.8. The lowest BCUT2D eigenvalue weighted by atomic mass is 9.90. The number of hydrogen-bond acceptors (Lipinski definition) is 6. The van der Waals surface area contributed by atoms with Crippen molar-refractivity contribution in [2.24, 2.45) is 5.92 Å². The maximum atomic E-state index is 13.1. The first-order valence-corrected chi connectivity index (χ1v) is 24.9. The summed E-state index contributed by atoms with van der Waals surface area (Å²) >= 11 is 0. The van der Waals surface area contributed by atoms with Gasteiger partial charge < -0.3 is 28.4 Å². The Kier molecular flexibility index (Phi) is 20.8. The van der Waals surface area contributed by atoms with Crippen LogP contribution in [-0.4, -0.2) is 62.2 Å². The Bertz CT molecular complexity index is 1400. The minimum absolute atomic E-state index is 0.0248. The first kappa shape index (κ1) is 49.3. The normalized spacial score (nSPS) is 15.6. The first-order valence-electron chi connectivity index (χ1n) is 19.8. The molecule has 0 bridgehead atoms. The van der Waals surface area contributed by atoms with Gasteiger partial charge in [0.05, 0.1) is 44.6 Å². The third-order valence-corrected chi connectivity index (χ3v) is 21.9. The number of allylic oxidation sites excluding steroid dienone is 5. The number of carbonyl (C=O) groups excluding carboxylic acids is 1. The van der Waals surface area contributed by atoms with Crippen LogP contribution >= 0.6 is 0 Å². The van der Waals surface area contributed by atoms with Crippen LogP contribution in [0.3, 0.4) is 0 Å². The molecular formula is C45H77NO6Si2. The summed E-state index contributed by atoms with van der Waals surface area (Å²) in [5, 5.41) is 3.11. The van der Waals surface area contributed by atoms with Gasteiger partial charge in [-0.25, -0.2) is 0 Å². The van der Waals surface area contributed by atoms with Gasteiger partial charge in [0, 0.05) is 24.7 Å². The van der Waals surface area contributed by atoms with Crippen LogP contribution in [0.15, 0.2) is 73.4 Å². The van der Waals surface area contributed by atoms with Crippen LogP contribution in [0.1, 0.15) is 101 Å². The lowest BCUT2D eigenvalue weighted by Gasteiger charge is -2.48. The zero-order valence-corrected chi connectivity index (χ0v) is 38.9. The van der Waals surface area contributed by atoms with Gasteiger partial charge in [0.1, 0.15) is 11.5 Å². The zero-order chi connectivity index (χ0) is 41.4. The van der Waals surface area contributed by atoms with Gasteiger partial charge in [-0.15, -0.1) is 0 Å². The first-order chi connectivity index (χ1) is 25.2. The van der Waals surface area contributed by atoms with Crippen molar-refractivity contribution in [3.63, 3.8) is 0 Å². The molecule has 7 nitrogen and oxygen atoms in total. The zero-order valence-electron chi connectivity index (χ0n) is 36.9. The molecule has 1 rings (SSSR count). The number of rotatable bonds is 24. The van der Waals surface area contributed by atoms with Crippen molar-refractivity contribution in [3.05, 3.63) is 79.0 Å². The summed E-state index contributed by atoms with van der Waals surface area (Å²) in [6, 6.07) is 3.79. The Balaban J connectivity index is 3.71. The van der Waals surface area contributed by atoms with Gasteiger partial charge in [0.15, 0.2) is 8.32 Å². The van der Waals surface area contributed by atoms with E-state index >= 15 is 0 Å². The molecule has 0 spiro atoms. The van der Waals surface area contributed by atoms with Gasteiger partial charge in [-0.2, -0.15) is 0 Å². The Morgan fingerprint density at radius 1 is 0.889 bits per heavy atom. The molecule has 9 heteroatoms. The number of anilines is 1. The molecule has 0 saturated heterocycles. The Morgan fingerprint density at radius 3 is 1.96 bits per heavy atom. The van der Waals surface area contributed by atoms with Crippen LogP contribution in [0.4, 0.5) is 5.69 Å². The minimum Gasteiger partial charge on any atom is -0.497 e. The van der Waals surface area contributed by atoms with E-state index in [9.17, 15) is 4.79 Å². The minimum atomic E-state index is -2.29. The molecule has 1 aromatic carbocycles. The number of ether oxygens (including phenoxy) is 3. The van der Waals surface area contributed by atoms with Crippen LogP contribution in [-0.2, 0) is 24.8 Å². The van der Waals surface area contributed by atoms with Crippen molar-refractivity contribution < 1.29 is 27.9 Å². The van der Waals surface area contributed by atoms with E-state index in [1.165, 1.54) is 5.57 Å². The van der Waals surface area contributed by atoms with E-state index in [0.29, 0.717) is 40.2 Å². The summed E-state index contributed by atoms with van der Waals surface area (Å²) in [5.41, 5.74) is 4.04. The summed E-state index contributed by atoms with van der Waals surface area (Å²) in [6.45, 7) is 37.9. The average Bonchev–Trinajstić information content (AvgIpc) is 3.08. The second-order valence-electron chi connectivity index (χ2n) is 17.0. The summed E-state index contributed by atoms with van der Waals surface area (Å²) in [4.78, 5) is 13.1. The van der Waals surface area contributed by atoms with Crippen LogP contribution < -0.4 is 14.8 Å². The molecule has 0 fully saturated rings. The van der Waals surface area contributed by atoms with Gasteiger partial charge in [-0.3, -0.25) is 4.79 Å². The highest BCUT2D eigenvalue weighted by atomic mass is 28.4. The van der Waals surface area contributed by atoms with Gasteiger partial charge >= 0.3 is 0 Å². The lowest BCUT2D eigenvalue weighted by molar-refractivity contribution is -0.117. The number of nitrogens with one attached hydrogen (secondary N) is 1. The van der Waals surface area contributed by atoms with E-state index in [-0.39, 0.29) is 41.6 Å². The Labute approximate surface area is 333 Å². The topological polar surface area (TPSA) is 75.2 Å². The molecule has 0 aliphatic rings. The Morgan fingerprint density at radius 2 is 1.48 bits per heavy atom. The summed E-state index contributed by atoms with van der Waals surface area (Å²) in [6.07, 6.45) is 15.5. The van der Waals surface area contributed by atoms with Crippen LogP contribution in [0.25, 0.3) is 0 Å². The molecule has 4 atom stereocenters. The maximum Gasteiger partial charge on any atom is 0.227 e. The molecule has 1 aromatic rings. The average molecular weight is 784 g/mol. The third kappa shape index (κ3) is 13.8. The number of amides is 1. The molecule has 1 N–H and O–H groups in total. The van der Waals surface area contributed by atoms with Gasteiger partial charge in [-0.05, 0) is 72.6 Å².